The van der Waals surface area contributed by atoms with Crippen molar-refractivity contribution in [2.75, 3.05) is 16.8 Å². The van der Waals surface area contributed by atoms with Gasteiger partial charge >= 0.3 is 24.4 Å². The maximum atomic E-state index is 13.5. The van der Waals surface area contributed by atoms with Gasteiger partial charge in [-0.05, 0) is 72.4 Å². The smallest absolute Gasteiger partial charge is 0.417 e. The Hall–Kier alpha value is -4.55. The Kier molecular flexibility index (Phi) is 10.4. The lowest BCUT2D eigenvalue weighted by molar-refractivity contribution is -0.162. The molecule has 45 heavy (non-hydrogen) atoms. The van der Waals surface area contributed by atoms with E-state index in [2.05, 4.69) is 10.6 Å². The number of rotatable bonds is 9. The summed E-state index contributed by atoms with van der Waals surface area (Å²) in [6, 6.07) is 13.7. The zero-order chi connectivity index (χ0) is 32.8. The van der Waals surface area contributed by atoms with Crippen molar-refractivity contribution >= 4 is 29.3 Å². The Bertz CT molecular complexity index is 1500. The standard InChI is InChI=1S/C32H31F6N3O4/c33-31(34,35)26-15-12-24(18-27(26)32(36,37)38)40-30(45)41(25-13-10-22(11-14-25)21-4-2-1-3-5-21)19-20-6-8-23(9-7-20)29(44)39-17-16-28(42)43/h6-15,18,21H,1-5,16-17,19H2,(H,39,44)(H,40,45)(H,42,43). The highest BCUT2D eigenvalue weighted by Gasteiger charge is 2.43. The maximum Gasteiger partial charge on any atom is 0.417 e. The second-order valence-electron chi connectivity index (χ2n) is 10.8. The van der Waals surface area contributed by atoms with Gasteiger partial charge < -0.3 is 15.7 Å². The van der Waals surface area contributed by atoms with Crippen LogP contribution in [0.2, 0.25) is 0 Å². The molecular weight excluding hydrogens is 604 g/mol. The summed E-state index contributed by atoms with van der Waals surface area (Å²) in [5, 5.41) is 13.5. The molecule has 7 nitrogen and oxygen atoms in total. The zero-order valence-electron chi connectivity index (χ0n) is 24.0. The van der Waals surface area contributed by atoms with E-state index in [1.54, 1.807) is 24.3 Å². The van der Waals surface area contributed by atoms with Gasteiger partial charge in [-0.15, -0.1) is 0 Å². The summed E-state index contributed by atoms with van der Waals surface area (Å²) in [5.41, 5.74) is -2.00. The van der Waals surface area contributed by atoms with Crippen molar-refractivity contribution in [1.82, 2.24) is 5.32 Å². The fraction of sp³-hybridized carbons (Fsp3) is 0.344. The number of urea groups is 1. The first kappa shape index (κ1) is 33.3. The van der Waals surface area contributed by atoms with Crippen LogP contribution >= 0.6 is 0 Å². The summed E-state index contributed by atoms with van der Waals surface area (Å²) < 4.78 is 80.3. The van der Waals surface area contributed by atoms with Crippen molar-refractivity contribution < 1.29 is 45.8 Å². The van der Waals surface area contributed by atoms with Crippen LogP contribution in [0.1, 0.15) is 77.1 Å². The third-order valence-electron chi connectivity index (χ3n) is 7.59. The van der Waals surface area contributed by atoms with E-state index in [1.807, 2.05) is 12.1 Å². The molecule has 3 aromatic rings. The molecule has 1 aliphatic carbocycles. The lowest BCUT2D eigenvalue weighted by Gasteiger charge is -2.26. The molecule has 1 saturated carbocycles. The van der Waals surface area contributed by atoms with Gasteiger partial charge in [-0.25, -0.2) is 4.79 Å². The molecule has 1 aliphatic rings. The molecule has 0 heterocycles. The van der Waals surface area contributed by atoms with Crippen molar-refractivity contribution in [3.05, 3.63) is 94.5 Å². The molecule has 3 aromatic carbocycles. The summed E-state index contributed by atoms with van der Waals surface area (Å²) in [4.78, 5) is 37.7. The predicted molar refractivity (Wildman–Crippen MR) is 155 cm³/mol. The predicted octanol–water partition coefficient (Wildman–Crippen LogP) is 8.22. The maximum absolute atomic E-state index is 13.5. The molecule has 0 radical (unpaired) electrons. The average Bonchev–Trinajstić information content (AvgIpc) is 2.99. The molecule has 0 aromatic heterocycles. The molecule has 0 bridgehead atoms. The molecule has 240 valence electrons. The summed E-state index contributed by atoms with van der Waals surface area (Å²) in [5.74, 6) is -1.20. The number of carboxylic acid groups (broad SMARTS) is 1. The monoisotopic (exact) mass is 635 g/mol. The van der Waals surface area contributed by atoms with Crippen LogP contribution in [-0.4, -0.2) is 29.6 Å². The van der Waals surface area contributed by atoms with Crippen LogP contribution in [0, 0.1) is 0 Å². The molecule has 0 aliphatic heterocycles. The van der Waals surface area contributed by atoms with Gasteiger partial charge in [0.05, 0.1) is 24.1 Å². The Balaban J connectivity index is 1.59. The van der Waals surface area contributed by atoms with Crippen LogP contribution in [0.5, 0.6) is 0 Å². The summed E-state index contributed by atoms with van der Waals surface area (Å²) >= 11 is 0. The van der Waals surface area contributed by atoms with E-state index in [1.165, 1.54) is 23.5 Å². The summed E-state index contributed by atoms with van der Waals surface area (Å²) in [6.45, 7) is -0.164. The van der Waals surface area contributed by atoms with Gasteiger partial charge in [0.2, 0.25) is 0 Å². The highest BCUT2D eigenvalue weighted by atomic mass is 19.4. The van der Waals surface area contributed by atoms with E-state index in [-0.39, 0.29) is 37.2 Å². The van der Waals surface area contributed by atoms with Crippen LogP contribution in [0.4, 0.5) is 42.5 Å². The summed E-state index contributed by atoms with van der Waals surface area (Å²) in [6.07, 6.45) is -5.35. The molecule has 0 saturated heterocycles. The third kappa shape index (κ3) is 8.99. The number of nitrogens with one attached hydrogen (secondary N) is 2. The molecule has 3 amide bonds. The van der Waals surface area contributed by atoms with Crippen LogP contribution in [-0.2, 0) is 23.7 Å². The number of carbonyl (C=O) groups is 3. The zero-order valence-corrected chi connectivity index (χ0v) is 24.0. The Morgan fingerprint density at radius 2 is 1.42 bits per heavy atom. The highest BCUT2D eigenvalue weighted by Crippen LogP contribution is 2.41. The number of hydrogen-bond acceptors (Lipinski definition) is 3. The largest absolute Gasteiger partial charge is 0.481 e. The number of carboxylic acids is 1. The van der Waals surface area contributed by atoms with Crippen molar-refractivity contribution in [3.8, 4) is 0 Å². The molecule has 3 N–H and O–H groups in total. The number of amides is 3. The van der Waals surface area contributed by atoms with Crippen LogP contribution < -0.4 is 15.5 Å². The molecule has 0 unspecified atom stereocenters. The van der Waals surface area contributed by atoms with Crippen LogP contribution in [0.15, 0.2) is 66.7 Å². The molecule has 0 atom stereocenters. The number of benzene rings is 3. The fourth-order valence-electron chi connectivity index (χ4n) is 5.27. The van der Waals surface area contributed by atoms with Gasteiger partial charge in [0.15, 0.2) is 0 Å². The van der Waals surface area contributed by atoms with Crippen molar-refractivity contribution in [3.63, 3.8) is 0 Å². The van der Waals surface area contributed by atoms with E-state index in [4.69, 9.17) is 5.11 Å². The SMILES string of the molecule is O=C(O)CCNC(=O)c1ccc(CN(C(=O)Nc2ccc(C(F)(F)F)c(C(F)(F)F)c2)c2ccc(C3CCCCC3)cc2)cc1. The number of nitrogens with zero attached hydrogens (tertiary/aromatic N) is 1. The molecule has 0 spiro atoms. The first-order valence-electron chi connectivity index (χ1n) is 14.3. The van der Waals surface area contributed by atoms with Gasteiger partial charge in [-0.3, -0.25) is 14.5 Å². The average molecular weight is 636 g/mol. The number of carbonyl (C=O) groups excluding carboxylic acids is 2. The number of hydrogen-bond donors (Lipinski definition) is 3. The Labute approximate surface area is 255 Å². The van der Waals surface area contributed by atoms with Crippen molar-refractivity contribution in [2.24, 2.45) is 0 Å². The number of halogens is 6. The fourth-order valence-corrected chi connectivity index (χ4v) is 5.27. The minimum Gasteiger partial charge on any atom is -0.481 e. The quantitative estimate of drug-likeness (QED) is 0.207. The van der Waals surface area contributed by atoms with Crippen LogP contribution in [0.3, 0.4) is 0 Å². The van der Waals surface area contributed by atoms with E-state index < -0.39 is 47.1 Å². The number of anilines is 2. The second-order valence-corrected chi connectivity index (χ2v) is 10.8. The van der Waals surface area contributed by atoms with E-state index >= 15 is 0 Å². The lowest BCUT2D eigenvalue weighted by atomic mass is 9.84. The number of alkyl halides is 6. The summed E-state index contributed by atoms with van der Waals surface area (Å²) in [7, 11) is 0. The van der Waals surface area contributed by atoms with Gasteiger partial charge in [-0.2, -0.15) is 26.3 Å². The van der Waals surface area contributed by atoms with Gasteiger partial charge in [0.1, 0.15) is 0 Å². The van der Waals surface area contributed by atoms with Gasteiger partial charge in [-0.1, -0.05) is 43.5 Å². The molecule has 1 fully saturated rings. The van der Waals surface area contributed by atoms with Gasteiger partial charge in [0.25, 0.3) is 5.91 Å². The van der Waals surface area contributed by atoms with Crippen molar-refractivity contribution in [2.45, 2.75) is 63.3 Å². The van der Waals surface area contributed by atoms with E-state index in [0.29, 0.717) is 17.2 Å². The minimum atomic E-state index is -5.32. The molecule has 13 heteroatoms. The molecular formula is C32H31F6N3O4. The highest BCUT2D eigenvalue weighted by molar-refractivity contribution is 6.01. The van der Waals surface area contributed by atoms with E-state index in [0.717, 1.165) is 37.3 Å². The third-order valence-corrected chi connectivity index (χ3v) is 7.59. The first-order valence-corrected chi connectivity index (χ1v) is 14.3. The van der Waals surface area contributed by atoms with Crippen molar-refractivity contribution in [1.29, 1.82) is 0 Å². The molecule has 4 rings (SSSR count). The lowest BCUT2D eigenvalue weighted by Crippen LogP contribution is -2.34. The number of aliphatic carboxylic acids is 1. The van der Waals surface area contributed by atoms with Crippen LogP contribution in [0.25, 0.3) is 0 Å². The minimum absolute atomic E-state index is 0.0687. The first-order chi connectivity index (χ1) is 21.2. The second kappa shape index (κ2) is 14.0. The van der Waals surface area contributed by atoms with Gasteiger partial charge in [0, 0.05) is 23.5 Å². The van der Waals surface area contributed by atoms with E-state index in [9.17, 15) is 40.7 Å². The Morgan fingerprint density at radius 1 is 0.800 bits per heavy atom. The normalized spacial score (nSPS) is 14.1. The Morgan fingerprint density at radius 3 is 2.00 bits per heavy atom. The topological polar surface area (TPSA) is 98.7 Å².